The molecular weight excluding hydrogens is 278 g/mol. The van der Waals surface area contributed by atoms with Gasteiger partial charge >= 0.3 is 0 Å². The van der Waals surface area contributed by atoms with Gasteiger partial charge in [0.05, 0.1) is 13.2 Å². The fraction of sp³-hybridized carbons (Fsp3) is 0.250. The van der Waals surface area contributed by atoms with Gasteiger partial charge in [-0.3, -0.25) is 0 Å². The molecule has 0 radical (unpaired) electrons. The van der Waals surface area contributed by atoms with Crippen molar-refractivity contribution in [3.8, 4) is 11.5 Å². The van der Waals surface area contributed by atoms with Crippen molar-refractivity contribution in [3.05, 3.63) is 59.2 Å². The maximum Gasteiger partial charge on any atom is 0.159 e. The average molecular weight is 292 g/mol. The zero-order chi connectivity index (χ0) is 15.0. The number of rotatable bonds is 2. The van der Waals surface area contributed by atoms with Crippen LogP contribution >= 0.6 is 0 Å². The molecule has 2 aromatic carbocycles. The monoisotopic (exact) mass is 292 g/mol. The minimum absolute atomic E-state index is 0.269. The summed E-state index contributed by atoms with van der Waals surface area (Å²) in [5.41, 5.74) is 1.13. The van der Waals surface area contributed by atoms with Crippen LogP contribution in [-0.4, -0.2) is 12.2 Å². The molecular formula is C16H14F2O3. The van der Waals surface area contributed by atoms with Crippen LogP contribution in [0.3, 0.4) is 0 Å². The molecule has 2 unspecified atom stereocenters. The van der Waals surface area contributed by atoms with Gasteiger partial charge in [0.15, 0.2) is 11.6 Å². The second-order valence-electron chi connectivity index (χ2n) is 4.94. The molecule has 21 heavy (non-hydrogen) atoms. The van der Waals surface area contributed by atoms with Gasteiger partial charge in [0.1, 0.15) is 17.6 Å². The Morgan fingerprint density at radius 2 is 1.95 bits per heavy atom. The van der Waals surface area contributed by atoms with Gasteiger partial charge in [-0.15, -0.1) is 0 Å². The van der Waals surface area contributed by atoms with Crippen molar-refractivity contribution in [2.24, 2.45) is 0 Å². The molecule has 1 aliphatic heterocycles. The molecule has 110 valence electrons. The summed E-state index contributed by atoms with van der Waals surface area (Å²) in [6.07, 6.45) is -0.997. The van der Waals surface area contributed by atoms with Gasteiger partial charge in [-0.25, -0.2) is 8.78 Å². The molecule has 0 aromatic heterocycles. The summed E-state index contributed by atoms with van der Waals surface area (Å²) in [5.74, 6) is -0.682. The smallest absolute Gasteiger partial charge is 0.159 e. The molecule has 2 atom stereocenters. The van der Waals surface area contributed by atoms with Crippen LogP contribution in [0.25, 0.3) is 0 Å². The van der Waals surface area contributed by atoms with Gasteiger partial charge in [0.25, 0.3) is 0 Å². The number of ether oxygens (including phenoxy) is 2. The molecule has 1 heterocycles. The SMILES string of the molecule is COc1ccc2c(c1)C(O)CC(c1ccc(F)c(F)c1)O2. The molecule has 0 saturated heterocycles. The van der Waals surface area contributed by atoms with Gasteiger partial charge in [0.2, 0.25) is 0 Å². The van der Waals surface area contributed by atoms with Crippen molar-refractivity contribution in [1.29, 1.82) is 0 Å². The Morgan fingerprint density at radius 3 is 2.67 bits per heavy atom. The second kappa shape index (κ2) is 5.33. The zero-order valence-electron chi connectivity index (χ0n) is 11.3. The first-order chi connectivity index (χ1) is 10.1. The first-order valence-corrected chi connectivity index (χ1v) is 6.56. The predicted octanol–water partition coefficient (Wildman–Crippen LogP) is 3.53. The average Bonchev–Trinajstić information content (AvgIpc) is 2.49. The van der Waals surface area contributed by atoms with Crippen molar-refractivity contribution in [1.82, 2.24) is 0 Å². The Labute approximate surface area is 120 Å². The van der Waals surface area contributed by atoms with E-state index in [2.05, 4.69) is 0 Å². The Hall–Kier alpha value is -2.14. The number of aliphatic hydroxyl groups excluding tert-OH is 1. The van der Waals surface area contributed by atoms with Crippen LogP contribution in [0.4, 0.5) is 8.78 Å². The molecule has 5 heteroatoms. The number of hydrogen-bond donors (Lipinski definition) is 1. The summed E-state index contributed by atoms with van der Waals surface area (Å²) >= 11 is 0. The second-order valence-corrected chi connectivity index (χ2v) is 4.94. The number of benzene rings is 2. The molecule has 0 bridgehead atoms. The predicted molar refractivity (Wildman–Crippen MR) is 72.3 cm³/mol. The van der Waals surface area contributed by atoms with Crippen molar-refractivity contribution in [3.63, 3.8) is 0 Å². The normalized spacial score (nSPS) is 20.6. The summed E-state index contributed by atoms with van der Waals surface area (Å²) in [7, 11) is 1.54. The van der Waals surface area contributed by atoms with Gasteiger partial charge in [-0.1, -0.05) is 6.07 Å². The number of aliphatic hydroxyl groups is 1. The molecule has 0 aliphatic carbocycles. The van der Waals surface area contributed by atoms with E-state index in [1.54, 1.807) is 25.3 Å². The van der Waals surface area contributed by atoms with Crippen LogP contribution in [-0.2, 0) is 0 Å². The van der Waals surface area contributed by atoms with E-state index in [0.717, 1.165) is 12.1 Å². The summed E-state index contributed by atoms with van der Waals surface area (Å²) in [6, 6.07) is 8.75. The highest BCUT2D eigenvalue weighted by Crippen LogP contribution is 2.42. The number of hydrogen-bond acceptors (Lipinski definition) is 3. The first-order valence-electron chi connectivity index (χ1n) is 6.56. The van der Waals surface area contributed by atoms with E-state index in [1.807, 2.05) is 0 Å². The third-order valence-electron chi connectivity index (χ3n) is 3.60. The van der Waals surface area contributed by atoms with Crippen molar-refractivity contribution in [2.75, 3.05) is 7.11 Å². The van der Waals surface area contributed by atoms with E-state index in [4.69, 9.17) is 9.47 Å². The third-order valence-corrected chi connectivity index (χ3v) is 3.60. The molecule has 0 amide bonds. The van der Waals surface area contributed by atoms with Crippen molar-refractivity contribution < 1.29 is 23.4 Å². The Balaban J connectivity index is 1.92. The minimum atomic E-state index is -0.925. The fourth-order valence-corrected chi connectivity index (χ4v) is 2.47. The van der Waals surface area contributed by atoms with Crippen LogP contribution in [0, 0.1) is 11.6 Å². The quantitative estimate of drug-likeness (QED) is 0.920. The highest BCUT2D eigenvalue weighted by atomic mass is 19.2. The number of halogens is 2. The summed E-state index contributed by atoms with van der Waals surface area (Å²) in [6.45, 7) is 0. The van der Waals surface area contributed by atoms with Gasteiger partial charge in [-0.05, 0) is 35.9 Å². The molecule has 2 aromatic rings. The van der Waals surface area contributed by atoms with E-state index in [1.165, 1.54) is 6.07 Å². The first kappa shape index (κ1) is 13.8. The number of methoxy groups -OCH3 is 1. The van der Waals surface area contributed by atoms with E-state index in [0.29, 0.717) is 22.6 Å². The van der Waals surface area contributed by atoms with Crippen LogP contribution in [0.1, 0.15) is 29.8 Å². The highest BCUT2D eigenvalue weighted by Gasteiger charge is 2.29. The standard InChI is InChI=1S/C16H14F2O3/c1-20-10-3-5-15-11(7-10)14(19)8-16(21-15)9-2-4-12(17)13(18)6-9/h2-7,14,16,19H,8H2,1H3. The molecule has 1 aliphatic rings. The zero-order valence-corrected chi connectivity index (χ0v) is 11.3. The number of fused-ring (bicyclic) bond motifs is 1. The fourth-order valence-electron chi connectivity index (χ4n) is 2.47. The van der Waals surface area contributed by atoms with E-state index in [9.17, 15) is 13.9 Å². The van der Waals surface area contributed by atoms with E-state index >= 15 is 0 Å². The Morgan fingerprint density at radius 1 is 1.14 bits per heavy atom. The summed E-state index contributed by atoms with van der Waals surface area (Å²) < 4.78 is 37.2. The van der Waals surface area contributed by atoms with Gasteiger partial charge in [-0.2, -0.15) is 0 Å². The molecule has 1 N–H and O–H groups in total. The van der Waals surface area contributed by atoms with Gasteiger partial charge < -0.3 is 14.6 Å². The highest BCUT2D eigenvalue weighted by molar-refractivity contribution is 5.43. The molecule has 0 saturated carbocycles. The van der Waals surface area contributed by atoms with Crippen molar-refractivity contribution in [2.45, 2.75) is 18.6 Å². The lowest BCUT2D eigenvalue weighted by atomic mass is 9.95. The minimum Gasteiger partial charge on any atom is -0.497 e. The van der Waals surface area contributed by atoms with Crippen LogP contribution in [0.15, 0.2) is 36.4 Å². The van der Waals surface area contributed by atoms with Crippen LogP contribution in [0.2, 0.25) is 0 Å². The van der Waals surface area contributed by atoms with Crippen LogP contribution in [0.5, 0.6) is 11.5 Å². The molecule has 3 nitrogen and oxygen atoms in total. The molecule has 3 rings (SSSR count). The maximum absolute atomic E-state index is 13.3. The van der Waals surface area contributed by atoms with Crippen LogP contribution < -0.4 is 9.47 Å². The Bertz CT molecular complexity index is 673. The van der Waals surface area contributed by atoms with Crippen molar-refractivity contribution >= 4 is 0 Å². The Kier molecular flexibility index (Phi) is 3.51. The lowest BCUT2D eigenvalue weighted by Crippen LogP contribution is -2.19. The molecule has 0 spiro atoms. The third kappa shape index (κ3) is 2.56. The topological polar surface area (TPSA) is 38.7 Å². The largest absolute Gasteiger partial charge is 0.497 e. The van der Waals surface area contributed by atoms with E-state index in [-0.39, 0.29) is 6.42 Å². The van der Waals surface area contributed by atoms with E-state index < -0.39 is 23.8 Å². The summed E-state index contributed by atoms with van der Waals surface area (Å²) in [4.78, 5) is 0. The lowest BCUT2D eigenvalue weighted by Gasteiger charge is -2.30. The van der Waals surface area contributed by atoms with Gasteiger partial charge in [0, 0.05) is 12.0 Å². The summed E-state index contributed by atoms with van der Waals surface area (Å²) in [5, 5.41) is 10.2. The lowest BCUT2D eigenvalue weighted by molar-refractivity contribution is 0.0652. The molecule has 0 fully saturated rings. The maximum atomic E-state index is 13.3.